The van der Waals surface area contributed by atoms with E-state index in [1.165, 1.54) is 5.69 Å². The van der Waals surface area contributed by atoms with Gasteiger partial charge in [0.25, 0.3) is 5.91 Å². The van der Waals surface area contributed by atoms with Crippen molar-refractivity contribution in [3.05, 3.63) is 41.2 Å². The minimum atomic E-state index is 0.0969. The van der Waals surface area contributed by atoms with E-state index >= 15 is 0 Å². The van der Waals surface area contributed by atoms with Crippen molar-refractivity contribution in [3.8, 4) is 5.75 Å². The molecule has 25 heavy (non-hydrogen) atoms. The molecule has 0 saturated carbocycles. The number of methoxy groups -OCH3 is 1. The lowest BCUT2D eigenvalue weighted by molar-refractivity contribution is 0.0765. The molecule has 6 nitrogen and oxygen atoms in total. The molecular formula is C19H26N4O2. The predicted molar refractivity (Wildman–Crippen MR) is 98.4 cm³/mol. The SMILES string of the molecule is COc1ccc(N2CCCN(C(=O)c3c(C)nn(C)c3C)CC2)cc1. The molecule has 1 aromatic carbocycles. The maximum atomic E-state index is 13.0. The Kier molecular flexibility index (Phi) is 4.97. The fourth-order valence-corrected chi connectivity index (χ4v) is 3.41. The summed E-state index contributed by atoms with van der Waals surface area (Å²) in [6.07, 6.45) is 0.954. The molecule has 0 bridgehead atoms. The summed E-state index contributed by atoms with van der Waals surface area (Å²) >= 11 is 0. The van der Waals surface area contributed by atoms with Crippen molar-refractivity contribution in [3.63, 3.8) is 0 Å². The van der Waals surface area contributed by atoms with E-state index in [0.29, 0.717) is 0 Å². The predicted octanol–water partition coefficient (Wildman–Crippen LogP) is 2.40. The summed E-state index contributed by atoms with van der Waals surface area (Å²) in [7, 11) is 3.56. The summed E-state index contributed by atoms with van der Waals surface area (Å²) in [6, 6.07) is 8.11. The highest BCUT2D eigenvalue weighted by atomic mass is 16.5. The van der Waals surface area contributed by atoms with Gasteiger partial charge in [-0.2, -0.15) is 5.10 Å². The number of hydrogen-bond acceptors (Lipinski definition) is 4. The Morgan fingerprint density at radius 3 is 2.40 bits per heavy atom. The number of amides is 1. The van der Waals surface area contributed by atoms with E-state index in [0.717, 1.165) is 55.3 Å². The minimum absolute atomic E-state index is 0.0969. The van der Waals surface area contributed by atoms with Gasteiger partial charge in [0.1, 0.15) is 5.75 Å². The average molecular weight is 342 g/mol. The highest BCUT2D eigenvalue weighted by molar-refractivity contribution is 5.96. The Morgan fingerprint density at radius 2 is 1.80 bits per heavy atom. The molecule has 1 aromatic heterocycles. The normalized spacial score (nSPS) is 15.2. The maximum Gasteiger partial charge on any atom is 0.257 e. The largest absolute Gasteiger partial charge is 0.497 e. The van der Waals surface area contributed by atoms with Gasteiger partial charge in [-0.05, 0) is 44.5 Å². The van der Waals surface area contributed by atoms with Crippen molar-refractivity contribution in [2.75, 3.05) is 38.2 Å². The van der Waals surface area contributed by atoms with Gasteiger partial charge in [-0.3, -0.25) is 9.48 Å². The molecule has 1 fully saturated rings. The number of ether oxygens (including phenoxy) is 1. The molecule has 3 rings (SSSR count). The van der Waals surface area contributed by atoms with Crippen LogP contribution in [0.1, 0.15) is 28.2 Å². The molecule has 0 spiro atoms. The number of benzene rings is 1. The number of aryl methyl sites for hydroxylation is 2. The Hall–Kier alpha value is -2.50. The smallest absolute Gasteiger partial charge is 0.257 e. The third-order valence-corrected chi connectivity index (χ3v) is 4.94. The van der Waals surface area contributed by atoms with Crippen LogP contribution in [0.5, 0.6) is 5.75 Å². The zero-order valence-electron chi connectivity index (χ0n) is 15.5. The second-order valence-electron chi connectivity index (χ2n) is 6.50. The van der Waals surface area contributed by atoms with Crippen LogP contribution in [0.4, 0.5) is 5.69 Å². The van der Waals surface area contributed by atoms with Crippen LogP contribution in [0.2, 0.25) is 0 Å². The standard InChI is InChI=1S/C19H26N4O2/c1-14-18(15(2)21(3)20-14)19(24)23-11-5-10-22(12-13-23)16-6-8-17(25-4)9-7-16/h6-9H,5,10-13H2,1-4H3. The highest BCUT2D eigenvalue weighted by Crippen LogP contribution is 2.22. The van der Waals surface area contributed by atoms with Gasteiger partial charge in [0.15, 0.2) is 0 Å². The molecule has 6 heteroatoms. The van der Waals surface area contributed by atoms with Crippen LogP contribution in [0, 0.1) is 13.8 Å². The van der Waals surface area contributed by atoms with Crippen LogP contribution in [0.3, 0.4) is 0 Å². The third-order valence-electron chi connectivity index (χ3n) is 4.94. The van der Waals surface area contributed by atoms with E-state index in [2.05, 4.69) is 22.1 Å². The molecule has 0 radical (unpaired) electrons. The number of anilines is 1. The van der Waals surface area contributed by atoms with E-state index in [4.69, 9.17) is 4.74 Å². The summed E-state index contributed by atoms with van der Waals surface area (Å²) in [5.41, 5.74) is 3.66. The molecule has 0 atom stereocenters. The molecule has 0 unspecified atom stereocenters. The second kappa shape index (κ2) is 7.17. The van der Waals surface area contributed by atoms with E-state index < -0.39 is 0 Å². The molecule has 1 aliphatic heterocycles. The van der Waals surface area contributed by atoms with E-state index in [-0.39, 0.29) is 5.91 Å². The van der Waals surface area contributed by atoms with Gasteiger partial charge in [0.05, 0.1) is 18.4 Å². The van der Waals surface area contributed by atoms with Gasteiger partial charge < -0.3 is 14.5 Å². The number of carbonyl (C=O) groups is 1. The number of hydrogen-bond donors (Lipinski definition) is 0. The van der Waals surface area contributed by atoms with Crippen molar-refractivity contribution in [2.24, 2.45) is 7.05 Å². The number of rotatable bonds is 3. The highest BCUT2D eigenvalue weighted by Gasteiger charge is 2.25. The molecule has 134 valence electrons. The third kappa shape index (κ3) is 3.48. The van der Waals surface area contributed by atoms with Crippen LogP contribution >= 0.6 is 0 Å². The molecule has 1 saturated heterocycles. The summed E-state index contributed by atoms with van der Waals surface area (Å²) in [4.78, 5) is 17.3. The zero-order chi connectivity index (χ0) is 18.0. The number of nitrogens with zero attached hydrogens (tertiary/aromatic N) is 4. The first-order valence-electron chi connectivity index (χ1n) is 8.69. The lowest BCUT2D eigenvalue weighted by Gasteiger charge is -2.24. The molecule has 1 aliphatic rings. The second-order valence-corrected chi connectivity index (χ2v) is 6.50. The number of carbonyl (C=O) groups excluding carboxylic acids is 1. The van der Waals surface area contributed by atoms with Crippen molar-refractivity contribution in [1.82, 2.24) is 14.7 Å². The summed E-state index contributed by atoms with van der Waals surface area (Å²) in [6.45, 7) is 7.13. The van der Waals surface area contributed by atoms with Gasteiger partial charge in [0.2, 0.25) is 0 Å². The van der Waals surface area contributed by atoms with Gasteiger partial charge in [-0.15, -0.1) is 0 Å². The summed E-state index contributed by atoms with van der Waals surface area (Å²) in [5.74, 6) is 0.956. The Morgan fingerprint density at radius 1 is 1.08 bits per heavy atom. The first-order chi connectivity index (χ1) is 12.0. The molecule has 0 aliphatic carbocycles. The molecule has 2 heterocycles. The monoisotopic (exact) mass is 342 g/mol. The van der Waals surface area contributed by atoms with Gasteiger partial charge in [-0.1, -0.05) is 0 Å². The molecule has 2 aromatic rings. The van der Waals surface area contributed by atoms with Crippen LogP contribution in [0.25, 0.3) is 0 Å². The fourth-order valence-electron chi connectivity index (χ4n) is 3.41. The Bertz CT molecular complexity index is 752. The van der Waals surface area contributed by atoms with E-state index in [1.54, 1.807) is 11.8 Å². The lowest BCUT2D eigenvalue weighted by Crippen LogP contribution is -2.35. The summed E-state index contributed by atoms with van der Waals surface area (Å²) in [5, 5.41) is 4.38. The topological polar surface area (TPSA) is 50.6 Å². The van der Waals surface area contributed by atoms with Crippen LogP contribution in [-0.4, -0.2) is 53.9 Å². The minimum Gasteiger partial charge on any atom is -0.497 e. The van der Waals surface area contributed by atoms with Gasteiger partial charge in [0, 0.05) is 44.6 Å². The Balaban J connectivity index is 1.71. The van der Waals surface area contributed by atoms with Gasteiger partial charge in [-0.25, -0.2) is 0 Å². The average Bonchev–Trinajstić information content (AvgIpc) is 2.80. The van der Waals surface area contributed by atoms with Gasteiger partial charge >= 0.3 is 0 Å². The van der Waals surface area contributed by atoms with E-state index in [1.807, 2.05) is 37.9 Å². The summed E-state index contributed by atoms with van der Waals surface area (Å²) < 4.78 is 7.01. The van der Waals surface area contributed by atoms with E-state index in [9.17, 15) is 4.79 Å². The lowest BCUT2D eigenvalue weighted by atomic mass is 10.1. The van der Waals surface area contributed by atoms with Crippen molar-refractivity contribution in [1.29, 1.82) is 0 Å². The number of aromatic nitrogens is 2. The quantitative estimate of drug-likeness (QED) is 0.859. The zero-order valence-corrected chi connectivity index (χ0v) is 15.5. The van der Waals surface area contributed by atoms with Crippen LogP contribution in [-0.2, 0) is 7.05 Å². The van der Waals surface area contributed by atoms with Crippen molar-refractivity contribution in [2.45, 2.75) is 20.3 Å². The van der Waals surface area contributed by atoms with Crippen LogP contribution in [0.15, 0.2) is 24.3 Å². The molecule has 1 amide bonds. The first-order valence-corrected chi connectivity index (χ1v) is 8.69. The molecule has 0 N–H and O–H groups in total. The fraction of sp³-hybridized carbons (Fsp3) is 0.474. The van der Waals surface area contributed by atoms with Crippen molar-refractivity contribution < 1.29 is 9.53 Å². The maximum absolute atomic E-state index is 13.0. The van der Waals surface area contributed by atoms with Crippen LogP contribution < -0.4 is 9.64 Å². The first kappa shape index (κ1) is 17.3. The Labute approximate surface area is 149 Å². The molecular weight excluding hydrogens is 316 g/mol. The van der Waals surface area contributed by atoms with Crippen molar-refractivity contribution >= 4 is 11.6 Å².